The molecule has 0 saturated carbocycles. The van der Waals surface area contributed by atoms with Crippen LogP contribution in [0.15, 0.2) is 97.1 Å². The largest absolute Gasteiger partial charge is 0.497 e. The zero-order valence-corrected chi connectivity index (χ0v) is 24.3. The fraction of sp³-hybridized carbons (Fsp3) is 0.105. The van der Waals surface area contributed by atoms with E-state index in [1.807, 2.05) is 36.4 Å². The van der Waals surface area contributed by atoms with Crippen LogP contribution >= 0.6 is 0 Å². The summed E-state index contributed by atoms with van der Waals surface area (Å²) in [5, 5.41) is 8.32. The number of rotatable bonds is 6. The monoisotopic (exact) mass is 552 g/mol. The molecule has 6 aromatic rings. The van der Waals surface area contributed by atoms with Crippen LogP contribution in [0.2, 0.25) is 0 Å². The maximum atomic E-state index is 5.61. The van der Waals surface area contributed by atoms with Crippen molar-refractivity contribution >= 4 is 34.7 Å². The Labute approximate surface area is 245 Å². The standard InChI is InChI=1S/C38H32O4/c1-23-35(27-15-29(39-3)21-30(16-27)40-4)19-25-11-7-9-13-33(25)37(23)38-24(2)36(20-26-12-8-10-14-34(26)38)28-17-31(41-5)22-32(18-28)42-6/h7-22H,1-2H2,3-6H3. The predicted molar refractivity (Wildman–Crippen MR) is 173 cm³/mol. The van der Waals surface area contributed by atoms with Gasteiger partial charge in [0.1, 0.15) is 23.0 Å². The lowest BCUT2D eigenvalue weighted by molar-refractivity contribution is 0.394. The second-order valence-corrected chi connectivity index (χ2v) is 10.2. The van der Waals surface area contributed by atoms with Crippen LogP contribution in [0.3, 0.4) is 0 Å². The quantitative estimate of drug-likeness (QED) is 0.215. The van der Waals surface area contributed by atoms with E-state index in [9.17, 15) is 0 Å². The molecule has 0 fully saturated rings. The smallest absolute Gasteiger partial charge is 0.123 e. The van der Waals surface area contributed by atoms with Gasteiger partial charge in [-0.1, -0.05) is 61.7 Å². The summed E-state index contributed by atoms with van der Waals surface area (Å²) in [6.45, 7) is 9.38. The van der Waals surface area contributed by atoms with E-state index in [4.69, 9.17) is 32.1 Å². The van der Waals surface area contributed by atoms with E-state index in [1.165, 1.54) is 0 Å². The van der Waals surface area contributed by atoms with Crippen molar-refractivity contribution in [2.75, 3.05) is 28.4 Å². The van der Waals surface area contributed by atoms with Crippen LogP contribution in [0.4, 0.5) is 0 Å². The second kappa shape index (κ2) is 11.0. The average Bonchev–Trinajstić information content (AvgIpc) is 3.04. The van der Waals surface area contributed by atoms with Crippen molar-refractivity contribution in [3.63, 3.8) is 0 Å². The Bertz CT molecular complexity index is 1980. The lowest BCUT2D eigenvalue weighted by atomic mass is 9.92. The fourth-order valence-corrected chi connectivity index (χ4v) is 5.79. The molecule has 6 aromatic carbocycles. The number of hydrogen-bond donors (Lipinski definition) is 0. The Balaban J connectivity index is 1.86. The molecule has 0 radical (unpaired) electrons. The molecule has 0 aromatic heterocycles. The molecule has 0 N–H and O–H groups in total. The van der Waals surface area contributed by atoms with Gasteiger partial charge in [0.2, 0.25) is 0 Å². The van der Waals surface area contributed by atoms with Gasteiger partial charge in [-0.05, 0) is 101 Å². The molecule has 0 bridgehead atoms. The summed E-state index contributed by atoms with van der Waals surface area (Å²) in [6, 6.07) is 33.1. The second-order valence-electron chi connectivity index (χ2n) is 10.2. The molecule has 0 unspecified atom stereocenters. The number of ether oxygens (including phenoxy) is 4. The first-order valence-electron chi connectivity index (χ1n) is 13.7. The highest BCUT2D eigenvalue weighted by Gasteiger charge is 2.13. The molecular weight excluding hydrogens is 520 g/mol. The highest BCUT2D eigenvalue weighted by molar-refractivity contribution is 5.93. The van der Waals surface area contributed by atoms with Crippen molar-refractivity contribution in [2.24, 2.45) is 0 Å². The van der Waals surface area contributed by atoms with Gasteiger partial charge < -0.3 is 18.9 Å². The first kappa shape index (κ1) is 27.0. The Kier molecular flexibility index (Phi) is 7.05. The lowest BCUT2D eigenvalue weighted by Gasteiger charge is -2.14. The first-order chi connectivity index (χ1) is 20.4. The van der Waals surface area contributed by atoms with Crippen molar-refractivity contribution in [1.29, 1.82) is 0 Å². The molecule has 4 heteroatoms. The highest BCUT2D eigenvalue weighted by Crippen LogP contribution is 2.32. The third kappa shape index (κ3) is 4.61. The van der Waals surface area contributed by atoms with Gasteiger partial charge in [-0.15, -0.1) is 0 Å². The average molecular weight is 553 g/mol. The summed E-state index contributed by atoms with van der Waals surface area (Å²) in [5.41, 5.74) is 3.93. The number of fused-ring (bicyclic) bond motifs is 2. The summed E-state index contributed by atoms with van der Waals surface area (Å²) >= 11 is 0. The van der Waals surface area contributed by atoms with Gasteiger partial charge in [-0.2, -0.15) is 0 Å². The van der Waals surface area contributed by atoms with Gasteiger partial charge in [0.25, 0.3) is 0 Å². The summed E-state index contributed by atoms with van der Waals surface area (Å²) in [6.07, 6.45) is 0. The SMILES string of the molecule is C=c1c(-c2cc(OC)cc(OC)c2)cc2ccccc2c1=c1c(=C)c(-c2cc(OC)cc(OC)c2)cc2ccccc12. The maximum absolute atomic E-state index is 5.61. The van der Waals surface area contributed by atoms with Crippen LogP contribution in [0.1, 0.15) is 0 Å². The fourth-order valence-electron chi connectivity index (χ4n) is 5.79. The predicted octanol–water partition coefficient (Wildman–Crippen LogP) is 7.47. The third-order valence-corrected chi connectivity index (χ3v) is 7.89. The highest BCUT2D eigenvalue weighted by atomic mass is 16.5. The number of methoxy groups -OCH3 is 4. The van der Waals surface area contributed by atoms with Gasteiger partial charge >= 0.3 is 0 Å². The van der Waals surface area contributed by atoms with Crippen LogP contribution in [0, 0.1) is 10.4 Å². The lowest BCUT2D eigenvalue weighted by Crippen LogP contribution is -2.14. The molecule has 0 atom stereocenters. The molecule has 0 spiro atoms. The molecule has 0 aliphatic carbocycles. The van der Waals surface area contributed by atoms with Crippen LogP contribution < -0.4 is 29.4 Å². The van der Waals surface area contributed by atoms with Crippen LogP contribution in [-0.2, 0) is 0 Å². The van der Waals surface area contributed by atoms with Crippen molar-refractivity contribution in [3.05, 3.63) is 118 Å². The van der Waals surface area contributed by atoms with Crippen LogP contribution in [-0.4, -0.2) is 28.4 Å². The molecule has 42 heavy (non-hydrogen) atoms. The van der Waals surface area contributed by atoms with E-state index < -0.39 is 0 Å². The van der Waals surface area contributed by atoms with Crippen LogP contribution in [0.25, 0.3) is 57.0 Å². The topological polar surface area (TPSA) is 36.9 Å². The molecule has 0 heterocycles. The molecule has 208 valence electrons. The summed E-state index contributed by atoms with van der Waals surface area (Å²) in [5.74, 6) is 2.87. The van der Waals surface area contributed by atoms with Crippen molar-refractivity contribution in [2.45, 2.75) is 0 Å². The zero-order valence-electron chi connectivity index (χ0n) is 24.3. The van der Waals surface area contributed by atoms with E-state index in [-0.39, 0.29) is 0 Å². The summed E-state index contributed by atoms with van der Waals surface area (Å²) in [7, 11) is 6.65. The first-order valence-corrected chi connectivity index (χ1v) is 13.7. The van der Waals surface area contributed by atoms with E-state index >= 15 is 0 Å². The number of hydrogen-bond acceptors (Lipinski definition) is 4. The van der Waals surface area contributed by atoms with E-state index in [2.05, 4.69) is 60.7 Å². The summed E-state index contributed by atoms with van der Waals surface area (Å²) < 4.78 is 22.4. The van der Waals surface area contributed by atoms with Gasteiger partial charge in [0, 0.05) is 12.1 Å². The molecule has 6 rings (SSSR count). The number of benzene rings is 6. The van der Waals surface area contributed by atoms with Crippen molar-refractivity contribution < 1.29 is 18.9 Å². The minimum absolute atomic E-state index is 0.718. The minimum Gasteiger partial charge on any atom is -0.497 e. The molecule has 0 aliphatic heterocycles. The van der Waals surface area contributed by atoms with Gasteiger partial charge in [-0.3, -0.25) is 0 Å². The molecule has 0 aliphatic rings. The summed E-state index contributed by atoms with van der Waals surface area (Å²) in [4.78, 5) is 0. The molecular formula is C38H32O4. The normalized spacial score (nSPS) is 11.9. The molecule has 4 nitrogen and oxygen atoms in total. The Hall–Kier alpha value is -5.22. The maximum Gasteiger partial charge on any atom is 0.123 e. The zero-order chi connectivity index (χ0) is 29.4. The van der Waals surface area contributed by atoms with E-state index in [0.29, 0.717) is 0 Å². The molecule has 0 saturated heterocycles. The third-order valence-electron chi connectivity index (χ3n) is 7.89. The Morgan fingerprint density at radius 2 is 0.762 bits per heavy atom. The van der Waals surface area contributed by atoms with Gasteiger partial charge in [-0.25, -0.2) is 0 Å². The minimum atomic E-state index is 0.718. The van der Waals surface area contributed by atoms with Gasteiger partial charge in [0.15, 0.2) is 0 Å². The Morgan fingerprint density at radius 1 is 0.429 bits per heavy atom. The van der Waals surface area contributed by atoms with Crippen molar-refractivity contribution in [1.82, 2.24) is 0 Å². The van der Waals surface area contributed by atoms with Gasteiger partial charge in [0.05, 0.1) is 28.4 Å². The van der Waals surface area contributed by atoms with E-state index in [0.717, 1.165) is 87.7 Å². The van der Waals surface area contributed by atoms with E-state index in [1.54, 1.807) is 28.4 Å². The van der Waals surface area contributed by atoms with Crippen molar-refractivity contribution in [3.8, 4) is 45.3 Å². The van der Waals surface area contributed by atoms with Crippen LogP contribution in [0.5, 0.6) is 23.0 Å². The molecule has 0 amide bonds. The Morgan fingerprint density at radius 3 is 1.10 bits per heavy atom.